The Bertz CT molecular complexity index is 743. The molecule has 0 radical (unpaired) electrons. The van der Waals surface area contributed by atoms with E-state index in [0.717, 1.165) is 22.7 Å². The van der Waals surface area contributed by atoms with Crippen molar-refractivity contribution in [3.05, 3.63) is 51.4 Å². The van der Waals surface area contributed by atoms with Gasteiger partial charge in [0.2, 0.25) is 0 Å². The van der Waals surface area contributed by atoms with Crippen molar-refractivity contribution in [1.82, 2.24) is 4.90 Å². The number of benzene rings is 1. The van der Waals surface area contributed by atoms with Crippen LogP contribution in [0.1, 0.15) is 17.7 Å². The molecule has 7 heteroatoms. The summed E-state index contributed by atoms with van der Waals surface area (Å²) >= 11 is 1.48. The van der Waals surface area contributed by atoms with E-state index in [1.165, 1.54) is 17.4 Å². The molecule has 1 aromatic carbocycles. The van der Waals surface area contributed by atoms with Crippen molar-refractivity contribution < 1.29 is 14.8 Å². The van der Waals surface area contributed by atoms with Gasteiger partial charge in [0, 0.05) is 22.4 Å². The van der Waals surface area contributed by atoms with Crippen molar-refractivity contribution in [2.24, 2.45) is 0 Å². The van der Waals surface area contributed by atoms with Gasteiger partial charge in [0.15, 0.2) is 0 Å². The number of nitrogens with zero attached hydrogens (tertiary/aromatic N) is 2. The van der Waals surface area contributed by atoms with Crippen LogP contribution in [-0.4, -0.2) is 33.5 Å². The number of hydrogen-bond donors (Lipinski definition) is 1. The highest BCUT2D eigenvalue weighted by molar-refractivity contribution is 7.15. The molecule has 1 atom stereocenters. The zero-order chi connectivity index (χ0) is 16.4. The Hall–Kier alpha value is -2.25. The van der Waals surface area contributed by atoms with Crippen LogP contribution in [0.2, 0.25) is 0 Å². The van der Waals surface area contributed by atoms with Crippen LogP contribution in [0.15, 0.2) is 36.4 Å². The molecule has 120 valence electrons. The number of para-hydroxylation sites is 1. The molecular weight excluding hydrogens is 316 g/mol. The van der Waals surface area contributed by atoms with E-state index in [2.05, 4.69) is 0 Å². The minimum atomic E-state index is -0.780. The number of rotatable bonds is 5. The first kappa shape index (κ1) is 15.6. The molecule has 6 nitrogen and oxygen atoms in total. The average Bonchev–Trinajstić information content (AvgIpc) is 3.17. The van der Waals surface area contributed by atoms with E-state index in [1.807, 2.05) is 17.0 Å². The summed E-state index contributed by atoms with van der Waals surface area (Å²) < 4.78 is 0. The van der Waals surface area contributed by atoms with Crippen LogP contribution < -0.4 is 0 Å². The smallest absolute Gasteiger partial charge is 0.320 e. The standard InChI is InChI=1S/C16H16N2O4S/c19-16(20)14-6-3-9-17(14)10-11-7-8-15(23-11)12-4-1-2-5-13(12)18(21)22/h1-2,4-5,7-8,14H,3,6,9-10H2,(H,19,20)/t14-/m1/s1. The van der Waals surface area contributed by atoms with Crippen LogP contribution in [0.3, 0.4) is 0 Å². The Balaban J connectivity index is 1.82. The minimum absolute atomic E-state index is 0.0884. The van der Waals surface area contributed by atoms with Gasteiger partial charge in [-0.25, -0.2) is 0 Å². The lowest BCUT2D eigenvalue weighted by molar-refractivity contribution is -0.384. The Labute approximate surface area is 137 Å². The molecule has 2 aromatic rings. The van der Waals surface area contributed by atoms with Gasteiger partial charge in [0.05, 0.1) is 10.5 Å². The fraction of sp³-hybridized carbons (Fsp3) is 0.312. The number of hydrogen-bond acceptors (Lipinski definition) is 5. The molecule has 0 unspecified atom stereocenters. The second kappa shape index (κ2) is 6.47. The Morgan fingerprint density at radius 3 is 2.87 bits per heavy atom. The maximum atomic E-state index is 11.2. The van der Waals surface area contributed by atoms with E-state index < -0.39 is 12.0 Å². The molecule has 0 amide bonds. The summed E-state index contributed by atoms with van der Waals surface area (Å²) in [6, 6.07) is 10.0. The van der Waals surface area contributed by atoms with E-state index in [0.29, 0.717) is 18.5 Å². The number of thiophene rings is 1. The van der Waals surface area contributed by atoms with Gasteiger partial charge in [-0.2, -0.15) is 0 Å². The molecule has 2 heterocycles. The number of carboxylic acid groups (broad SMARTS) is 1. The molecule has 1 aliphatic rings. The summed E-state index contributed by atoms with van der Waals surface area (Å²) in [5, 5.41) is 20.4. The van der Waals surface area contributed by atoms with Crippen LogP contribution in [0, 0.1) is 10.1 Å². The fourth-order valence-corrected chi connectivity index (χ4v) is 4.01. The maximum absolute atomic E-state index is 11.2. The third-order valence-corrected chi connectivity index (χ3v) is 5.14. The van der Waals surface area contributed by atoms with Gasteiger partial charge in [0.1, 0.15) is 6.04 Å². The number of nitro groups is 1. The highest BCUT2D eigenvalue weighted by Gasteiger charge is 2.30. The SMILES string of the molecule is O=C(O)[C@H]1CCCN1Cc1ccc(-c2ccccc2[N+](=O)[O-])s1. The highest BCUT2D eigenvalue weighted by Crippen LogP contribution is 2.35. The van der Waals surface area contributed by atoms with Crippen LogP contribution >= 0.6 is 11.3 Å². The predicted octanol–water partition coefficient (Wildman–Crippen LogP) is 3.37. The molecule has 1 saturated heterocycles. The molecule has 0 spiro atoms. The quantitative estimate of drug-likeness (QED) is 0.670. The van der Waals surface area contributed by atoms with Crippen LogP contribution in [0.5, 0.6) is 0 Å². The molecule has 1 N–H and O–H groups in total. The lowest BCUT2D eigenvalue weighted by atomic mass is 10.1. The first-order chi connectivity index (χ1) is 11.1. The van der Waals surface area contributed by atoms with E-state index in [-0.39, 0.29) is 10.6 Å². The zero-order valence-electron chi connectivity index (χ0n) is 12.3. The monoisotopic (exact) mass is 332 g/mol. The first-order valence-electron chi connectivity index (χ1n) is 7.35. The first-order valence-corrected chi connectivity index (χ1v) is 8.17. The highest BCUT2D eigenvalue weighted by atomic mass is 32.1. The van der Waals surface area contributed by atoms with Gasteiger partial charge in [-0.1, -0.05) is 12.1 Å². The maximum Gasteiger partial charge on any atom is 0.320 e. The second-order valence-corrected chi connectivity index (χ2v) is 6.68. The van der Waals surface area contributed by atoms with Crippen LogP contribution in [-0.2, 0) is 11.3 Å². The number of likely N-dealkylation sites (tertiary alicyclic amines) is 1. The Morgan fingerprint density at radius 1 is 1.35 bits per heavy atom. The van der Waals surface area contributed by atoms with Gasteiger partial charge in [-0.15, -0.1) is 11.3 Å². The lowest BCUT2D eigenvalue weighted by Gasteiger charge is -2.19. The van der Waals surface area contributed by atoms with E-state index in [1.54, 1.807) is 18.2 Å². The van der Waals surface area contributed by atoms with Crippen LogP contribution in [0.25, 0.3) is 10.4 Å². The summed E-state index contributed by atoms with van der Waals surface area (Å²) in [4.78, 5) is 25.8. The third kappa shape index (κ3) is 3.25. The summed E-state index contributed by atoms with van der Waals surface area (Å²) in [5.41, 5.74) is 0.690. The molecule has 0 aliphatic carbocycles. The number of carboxylic acids is 1. The van der Waals surface area contributed by atoms with Gasteiger partial charge in [-0.05, 0) is 37.6 Å². The fourth-order valence-electron chi connectivity index (χ4n) is 2.94. The van der Waals surface area contributed by atoms with Crippen molar-refractivity contribution in [3.8, 4) is 10.4 Å². The summed E-state index contributed by atoms with van der Waals surface area (Å²) in [7, 11) is 0. The van der Waals surface area contributed by atoms with Crippen LogP contribution in [0.4, 0.5) is 5.69 Å². The number of nitro benzene ring substituents is 1. The zero-order valence-corrected chi connectivity index (χ0v) is 13.2. The second-order valence-electron chi connectivity index (χ2n) is 5.51. The molecule has 0 bridgehead atoms. The normalized spacial score (nSPS) is 18.2. The third-order valence-electron chi connectivity index (χ3n) is 4.04. The van der Waals surface area contributed by atoms with E-state index >= 15 is 0 Å². The molecular formula is C16H16N2O4S. The summed E-state index contributed by atoms with van der Waals surface area (Å²) in [6.45, 7) is 1.35. The van der Waals surface area contributed by atoms with E-state index in [4.69, 9.17) is 0 Å². The van der Waals surface area contributed by atoms with Crippen molar-refractivity contribution >= 4 is 23.0 Å². The number of aliphatic carboxylic acids is 1. The van der Waals surface area contributed by atoms with Crippen molar-refractivity contribution in [2.45, 2.75) is 25.4 Å². The predicted molar refractivity (Wildman–Crippen MR) is 87.5 cm³/mol. The molecule has 23 heavy (non-hydrogen) atoms. The summed E-state index contributed by atoms with van der Waals surface area (Å²) in [6.07, 6.45) is 1.57. The molecule has 1 aliphatic heterocycles. The summed E-state index contributed by atoms with van der Waals surface area (Å²) in [5.74, 6) is -0.780. The van der Waals surface area contributed by atoms with Crippen molar-refractivity contribution in [3.63, 3.8) is 0 Å². The Morgan fingerprint density at radius 2 is 2.13 bits per heavy atom. The minimum Gasteiger partial charge on any atom is -0.480 e. The average molecular weight is 332 g/mol. The van der Waals surface area contributed by atoms with Gasteiger partial charge < -0.3 is 5.11 Å². The topological polar surface area (TPSA) is 83.7 Å². The largest absolute Gasteiger partial charge is 0.480 e. The molecule has 0 saturated carbocycles. The van der Waals surface area contributed by atoms with Gasteiger partial charge in [-0.3, -0.25) is 19.8 Å². The van der Waals surface area contributed by atoms with E-state index in [9.17, 15) is 20.0 Å². The molecule has 1 aromatic heterocycles. The van der Waals surface area contributed by atoms with Crippen molar-refractivity contribution in [1.29, 1.82) is 0 Å². The van der Waals surface area contributed by atoms with Crippen molar-refractivity contribution in [2.75, 3.05) is 6.54 Å². The van der Waals surface area contributed by atoms with Gasteiger partial charge in [0.25, 0.3) is 5.69 Å². The Kier molecular flexibility index (Phi) is 4.40. The van der Waals surface area contributed by atoms with Gasteiger partial charge >= 0.3 is 5.97 Å². The molecule has 3 rings (SSSR count). The molecule has 1 fully saturated rings. The number of carbonyl (C=O) groups is 1. The lowest BCUT2D eigenvalue weighted by Crippen LogP contribution is -2.35.